The average Bonchev–Trinajstić information content (AvgIpc) is 2.88. The van der Waals surface area contributed by atoms with Gasteiger partial charge in [-0.1, -0.05) is 29.5 Å². The van der Waals surface area contributed by atoms with Crippen molar-refractivity contribution in [3.05, 3.63) is 35.7 Å². The van der Waals surface area contributed by atoms with Crippen molar-refractivity contribution < 1.29 is 9.59 Å². The van der Waals surface area contributed by atoms with Crippen molar-refractivity contribution in [2.24, 2.45) is 12.8 Å². The summed E-state index contributed by atoms with van der Waals surface area (Å²) < 4.78 is 1.78. The van der Waals surface area contributed by atoms with E-state index in [0.717, 1.165) is 11.3 Å². The van der Waals surface area contributed by atoms with Crippen molar-refractivity contribution in [3.63, 3.8) is 0 Å². The summed E-state index contributed by atoms with van der Waals surface area (Å²) in [6.45, 7) is 3.81. The van der Waals surface area contributed by atoms with Crippen molar-refractivity contribution in [3.8, 4) is 0 Å². The first-order chi connectivity index (χ1) is 11.4. The maximum atomic E-state index is 12.3. The molecule has 0 unspecified atom stereocenters. The van der Waals surface area contributed by atoms with Crippen LogP contribution in [0.15, 0.2) is 29.4 Å². The first kappa shape index (κ1) is 18.0. The minimum Gasteiger partial charge on any atom is -0.370 e. The first-order valence-electron chi connectivity index (χ1n) is 7.57. The summed E-state index contributed by atoms with van der Waals surface area (Å²) in [6, 6.07) is 7.63. The van der Waals surface area contributed by atoms with E-state index in [1.165, 1.54) is 11.8 Å². The molecule has 1 aromatic carbocycles. The highest BCUT2D eigenvalue weighted by Gasteiger charge is 2.19. The van der Waals surface area contributed by atoms with Gasteiger partial charge in [0.05, 0.1) is 5.25 Å². The predicted octanol–water partition coefficient (Wildman–Crippen LogP) is 1.66. The van der Waals surface area contributed by atoms with E-state index in [9.17, 15) is 9.59 Å². The molecule has 128 valence electrons. The number of thioether (sulfide) groups is 1. The van der Waals surface area contributed by atoms with Crippen LogP contribution in [0.2, 0.25) is 0 Å². The molecule has 7 nitrogen and oxygen atoms in total. The molecule has 1 heterocycles. The maximum Gasteiger partial charge on any atom is 0.237 e. The lowest BCUT2D eigenvalue weighted by Gasteiger charge is -2.11. The number of anilines is 1. The molecule has 0 aliphatic carbocycles. The van der Waals surface area contributed by atoms with Gasteiger partial charge in [0.15, 0.2) is 5.16 Å². The number of carbonyl (C=O) groups is 2. The highest BCUT2D eigenvalue weighted by molar-refractivity contribution is 8.00. The lowest BCUT2D eigenvalue weighted by Crippen LogP contribution is -2.22. The number of carbonyl (C=O) groups excluding carboxylic acids is 2. The van der Waals surface area contributed by atoms with Gasteiger partial charge in [-0.15, -0.1) is 10.2 Å². The highest BCUT2D eigenvalue weighted by Crippen LogP contribution is 2.23. The van der Waals surface area contributed by atoms with E-state index in [-0.39, 0.29) is 23.5 Å². The van der Waals surface area contributed by atoms with E-state index in [4.69, 9.17) is 5.73 Å². The average molecular weight is 347 g/mol. The second kappa shape index (κ2) is 7.96. The van der Waals surface area contributed by atoms with Gasteiger partial charge in [-0.25, -0.2) is 0 Å². The van der Waals surface area contributed by atoms with Gasteiger partial charge >= 0.3 is 0 Å². The number of aromatic nitrogens is 3. The Bertz CT molecular complexity index is 727. The molecule has 2 amide bonds. The van der Waals surface area contributed by atoms with Gasteiger partial charge < -0.3 is 15.6 Å². The summed E-state index contributed by atoms with van der Waals surface area (Å²) in [7, 11) is 1.81. The fourth-order valence-corrected chi connectivity index (χ4v) is 2.83. The molecule has 2 rings (SSSR count). The van der Waals surface area contributed by atoms with Crippen LogP contribution in [0.4, 0.5) is 5.69 Å². The van der Waals surface area contributed by atoms with Crippen LogP contribution in [0, 0.1) is 6.92 Å². The van der Waals surface area contributed by atoms with Crippen LogP contribution in [0.5, 0.6) is 0 Å². The number of rotatable bonds is 7. The van der Waals surface area contributed by atoms with Gasteiger partial charge in [0.2, 0.25) is 11.8 Å². The third kappa shape index (κ3) is 4.82. The van der Waals surface area contributed by atoms with Crippen LogP contribution < -0.4 is 11.1 Å². The van der Waals surface area contributed by atoms with Crippen LogP contribution in [0.1, 0.15) is 24.7 Å². The van der Waals surface area contributed by atoms with Crippen LogP contribution >= 0.6 is 11.8 Å². The van der Waals surface area contributed by atoms with Gasteiger partial charge in [-0.05, 0) is 26.0 Å². The number of aryl methyl sites for hydroxylation is 2. The van der Waals surface area contributed by atoms with Gasteiger partial charge in [-0.3, -0.25) is 9.59 Å². The highest BCUT2D eigenvalue weighted by atomic mass is 32.2. The summed E-state index contributed by atoms with van der Waals surface area (Å²) in [5.41, 5.74) is 7.04. The van der Waals surface area contributed by atoms with E-state index in [2.05, 4.69) is 15.5 Å². The van der Waals surface area contributed by atoms with Gasteiger partial charge in [0.1, 0.15) is 5.82 Å². The second-order valence-electron chi connectivity index (χ2n) is 5.54. The number of nitrogens with one attached hydrogen (secondary N) is 1. The monoisotopic (exact) mass is 347 g/mol. The van der Waals surface area contributed by atoms with Crippen molar-refractivity contribution >= 4 is 29.3 Å². The minimum atomic E-state index is -0.377. The maximum absolute atomic E-state index is 12.3. The topological polar surface area (TPSA) is 103 Å². The summed E-state index contributed by atoms with van der Waals surface area (Å²) in [5.74, 6) is 0.186. The van der Waals surface area contributed by atoms with E-state index in [1.807, 2.05) is 45.2 Å². The number of benzene rings is 1. The van der Waals surface area contributed by atoms with Crippen molar-refractivity contribution in [2.75, 3.05) is 5.32 Å². The zero-order valence-corrected chi connectivity index (χ0v) is 14.8. The second-order valence-corrected chi connectivity index (χ2v) is 6.85. The number of primary amides is 1. The Balaban J connectivity index is 1.96. The molecule has 0 aliphatic rings. The standard InChI is InChI=1S/C16H21N5O2S/c1-10-4-6-12(7-5-10)18-15(23)11(2)24-16-20-19-14(21(16)3)9-8-13(17)22/h4-7,11H,8-9H2,1-3H3,(H2,17,22)(H,18,23)/t11-/m0/s1. The van der Waals surface area contributed by atoms with Gasteiger partial charge in [0, 0.05) is 25.6 Å². The molecule has 3 N–H and O–H groups in total. The molecule has 0 spiro atoms. The Morgan fingerprint density at radius 3 is 2.58 bits per heavy atom. The fraction of sp³-hybridized carbons (Fsp3) is 0.375. The van der Waals surface area contributed by atoms with Crippen molar-refractivity contribution in [1.29, 1.82) is 0 Å². The Morgan fingerprint density at radius 1 is 1.29 bits per heavy atom. The molecular weight excluding hydrogens is 326 g/mol. The predicted molar refractivity (Wildman–Crippen MR) is 93.6 cm³/mol. The number of hydrogen-bond donors (Lipinski definition) is 2. The van der Waals surface area contributed by atoms with E-state index >= 15 is 0 Å². The smallest absolute Gasteiger partial charge is 0.237 e. The van der Waals surface area contributed by atoms with Crippen LogP contribution in [0.25, 0.3) is 0 Å². The molecule has 1 aromatic heterocycles. The lowest BCUT2D eigenvalue weighted by atomic mass is 10.2. The number of hydrogen-bond acceptors (Lipinski definition) is 5. The van der Waals surface area contributed by atoms with E-state index in [1.54, 1.807) is 4.57 Å². The van der Waals surface area contributed by atoms with Gasteiger partial charge in [0.25, 0.3) is 0 Å². The zero-order chi connectivity index (χ0) is 17.7. The molecular formula is C16H21N5O2S. The quantitative estimate of drug-likeness (QED) is 0.742. The lowest BCUT2D eigenvalue weighted by molar-refractivity contribution is -0.118. The summed E-state index contributed by atoms with van der Waals surface area (Å²) in [4.78, 5) is 23.1. The Morgan fingerprint density at radius 2 is 1.96 bits per heavy atom. The third-order valence-electron chi connectivity index (χ3n) is 3.49. The van der Waals surface area contributed by atoms with Crippen molar-refractivity contribution in [2.45, 2.75) is 37.1 Å². The Kier molecular flexibility index (Phi) is 5.97. The van der Waals surface area contributed by atoms with Crippen molar-refractivity contribution in [1.82, 2.24) is 14.8 Å². The summed E-state index contributed by atoms with van der Waals surface area (Å²) in [5, 5.41) is 11.3. The summed E-state index contributed by atoms with van der Waals surface area (Å²) in [6.07, 6.45) is 0.656. The molecule has 24 heavy (non-hydrogen) atoms. The summed E-state index contributed by atoms with van der Waals surface area (Å²) >= 11 is 1.32. The number of amides is 2. The van der Waals surface area contributed by atoms with Gasteiger partial charge in [-0.2, -0.15) is 0 Å². The molecule has 0 saturated carbocycles. The molecule has 0 aliphatic heterocycles. The molecule has 0 saturated heterocycles. The zero-order valence-electron chi connectivity index (χ0n) is 13.9. The molecule has 2 aromatic rings. The normalized spacial score (nSPS) is 12.0. The van der Waals surface area contributed by atoms with Crippen LogP contribution in [0.3, 0.4) is 0 Å². The Hall–Kier alpha value is -2.35. The van der Waals surface area contributed by atoms with E-state index < -0.39 is 0 Å². The molecule has 1 atom stereocenters. The molecule has 0 radical (unpaired) electrons. The van der Waals surface area contributed by atoms with Crippen LogP contribution in [-0.2, 0) is 23.1 Å². The Labute approximate surface area is 145 Å². The SMILES string of the molecule is Cc1ccc(NC(=O)[C@H](C)Sc2nnc(CCC(N)=O)n2C)cc1. The third-order valence-corrected chi connectivity index (χ3v) is 4.62. The molecule has 0 bridgehead atoms. The number of nitrogens with two attached hydrogens (primary N) is 1. The first-order valence-corrected chi connectivity index (χ1v) is 8.45. The minimum absolute atomic E-state index is 0.106. The molecule has 0 fully saturated rings. The number of nitrogens with zero attached hydrogens (tertiary/aromatic N) is 3. The van der Waals surface area contributed by atoms with Crippen LogP contribution in [-0.4, -0.2) is 31.8 Å². The van der Waals surface area contributed by atoms with E-state index in [0.29, 0.717) is 17.4 Å². The molecule has 8 heteroatoms. The largest absolute Gasteiger partial charge is 0.370 e. The fourth-order valence-electron chi connectivity index (χ4n) is 1.99.